The van der Waals surface area contributed by atoms with E-state index in [2.05, 4.69) is 10.4 Å². The van der Waals surface area contributed by atoms with Crippen LogP contribution in [-0.4, -0.2) is 61.0 Å². The van der Waals surface area contributed by atoms with Gasteiger partial charge < -0.3 is 10.1 Å². The predicted molar refractivity (Wildman–Crippen MR) is 81.9 cm³/mol. The molecule has 1 amide bonds. The van der Waals surface area contributed by atoms with Gasteiger partial charge in [-0.2, -0.15) is 9.40 Å². The van der Waals surface area contributed by atoms with Crippen LogP contribution in [0.4, 0.5) is 5.69 Å². The lowest BCUT2D eigenvalue weighted by Gasteiger charge is -2.22. The standard InChI is InChI=1S/C13H22N4O4S/c1-16(22(2,19)20)10-13(18)15-11-7-14-17(8-11)9-12-5-3-4-6-21-12/h7-8,12H,3-6,9-10H2,1-2H3,(H,15,18). The van der Waals surface area contributed by atoms with E-state index in [4.69, 9.17) is 4.74 Å². The third kappa shape index (κ3) is 5.08. The number of sulfonamides is 1. The van der Waals surface area contributed by atoms with Gasteiger partial charge in [0.15, 0.2) is 0 Å². The summed E-state index contributed by atoms with van der Waals surface area (Å²) >= 11 is 0. The Balaban J connectivity index is 1.84. The number of carbonyl (C=O) groups excluding carboxylic acids is 1. The number of aromatic nitrogens is 2. The minimum atomic E-state index is -3.37. The van der Waals surface area contributed by atoms with Crippen molar-refractivity contribution in [1.29, 1.82) is 0 Å². The molecule has 22 heavy (non-hydrogen) atoms. The SMILES string of the molecule is CN(CC(=O)Nc1cnn(CC2CCCCO2)c1)S(C)(=O)=O. The molecular formula is C13H22N4O4S. The van der Waals surface area contributed by atoms with Gasteiger partial charge in [-0.15, -0.1) is 0 Å². The summed E-state index contributed by atoms with van der Waals surface area (Å²) in [5, 5.41) is 6.81. The molecule has 1 N–H and O–H groups in total. The fourth-order valence-electron chi connectivity index (χ4n) is 2.21. The van der Waals surface area contributed by atoms with Gasteiger partial charge in [-0.05, 0) is 19.3 Å². The molecule has 0 saturated carbocycles. The van der Waals surface area contributed by atoms with Crippen LogP contribution in [0.1, 0.15) is 19.3 Å². The lowest BCUT2D eigenvalue weighted by molar-refractivity contribution is -0.116. The van der Waals surface area contributed by atoms with Crippen LogP contribution in [0.25, 0.3) is 0 Å². The lowest BCUT2D eigenvalue weighted by Crippen LogP contribution is -2.34. The van der Waals surface area contributed by atoms with Crippen molar-refractivity contribution in [3.63, 3.8) is 0 Å². The second-order valence-corrected chi connectivity index (χ2v) is 7.60. The first-order chi connectivity index (χ1) is 10.3. The monoisotopic (exact) mass is 330 g/mol. The van der Waals surface area contributed by atoms with Gasteiger partial charge in [-0.1, -0.05) is 0 Å². The molecule has 0 spiro atoms. The number of amides is 1. The molecule has 1 aromatic rings. The van der Waals surface area contributed by atoms with E-state index in [0.717, 1.165) is 36.4 Å². The normalized spacial score (nSPS) is 19.3. The number of nitrogens with zero attached hydrogens (tertiary/aromatic N) is 3. The van der Waals surface area contributed by atoms with Crippen molar-refractivity contribution in [3.05, 3.63) is 12.4 Å². The Morgan fingerprint density at radius 2 is 2.32 bits per heavy atom. The van der Waals surface area contributed by atoms with Crippen molar-refractivity contribution in [1.82, 2.24) is 14.1 Å². The maximum atomic E-state index is 11.8. The van der Waals surface area contributed by atoms with Crippen molar-refractivity contribution in [2.45, 2.75) is 31.9 Å². The average Bonchev–Trinajstić information content (AvgIpc) is 2.85. The topological polar surface area (TPSA) is 93.5 Å². The zero-order chi connectivity index (χ0) is 16.2. The van der Waals surface area contributed by atoms with Gasteiger partial charge >= 0.3 is 0 Å². The van der Waals surface area contributed by atoms with Crippen molar-refractivity contribution < 1.29 is 17.9 Å². The molecule has 0 bridgehead atoms. The fraction of sp³-hybridized carbons (Fsp3) is 0.692. The Labute approximate surface area is 130 Å². The highest BCUT2D eigenvalue weighted by Gasteiger charge is 2.17. The molecule has 1 atom stereocenters. The second-order valence-electron chi connectivity index (χ2n) is 5.51. The Morgan fingerprint density at radius 3 is 2.95 bits per heavy atom. The van der Waals surface area contributed by atoms with E-state index in [1.54, 1.807) is 17.1 Å². The molecule has 0 radical (unpaired) electrons. The Kier molecular flexibility index (Phi) is 5.54. The molecule has 1 aromatic heterocycles. The molecule has 0 aromatic carbocycles. The van der Waals surface area contributed by atoms with Gasteiger partial charge in [0.1, 0.15) is 0 Å². The van der Waals surface area contributed by atoms with Crippen LogP contribution < -0.4 is 5.32 Å². The smallest absolute Gasteiger partial charge is 0.239 e. The second kappa shape index (κ2) is 7.21. The zero-order valence-electron chi connectivity index (χ0n) is 12.9. The van der Waals surface area contributed by atoms with E-state index < -0.39 is 15.9 Å². The Hall–Kier alpha value is -1.45. The van der Waals surface area contributed by atoms with Gasteiger partial charge in [-0.3, -0.25) is 9.48 Å². The van der Waals surface area contributed by atoms with Crippen LogP contribution in [0.15, 0.2) is 12.4 Å². The molecule has 2 heterocycles. The molecule has 1 aliphatic rings. The van der Waals surface area contributed by atoms with E-state index in [-0.39, 0.29) is 12.6 Å². The number of ether oxygens (including phenoxy) is 1. The summed E-state index contributed by atoms with van der Waals surface area (Å²) in [4.78, 5) is 11.8. The maximum absolute atomic E-state index is 11.8. The molecule has 1 unspecified atom stereocenters. The van der Waals surface area contributed by atoms with Crippen LogP contribution in [0.5, 0.6) is 0 Å². The third-order valence-electron chi connectivity index (χ3n) is 3.51. The van der Waals surface area contributed by atoms with E-state index in [0.29, 0.717) is 12.2 Å². The summed E-state index contributed by atoms with van der Waals surface area (Å²) in [5.74, 6) is -0.401. The summed E-state index contributed by atoms with van der Waals surface area (Å²) in [7, 11) is -2.01. The quantitative estimate of drug-likeness (QED) is 0.809. The van der Waals surface area contributed by atoms with Crippen molar-refractivity contribution in [2.24, 2.45) is 0 Å². The zero-order valence-corrected chi connectivity index (χ0v) is 13.7. The fourth-order valence-corrected chi connectivity index (χ4v) is 2.56. The van der Waals surface area contributed by atoms with Gasteiger partial charge in [0.2, 0.25) is 15.9 Å². The average molecular weight is 330 g/mol. The third-order valence-corrected chi connectivity index (χ3v) is 4.78. The number of nitrogens with one attached hydrogen (secondary N) is 1. The first kappa shape index (κ1) is 16.9. The summed E-state index contributed by atoms with van der Waals surface area (Å²) in [6.07, 6.45) is 7.76. The maximum Gasteiger partial charge on any atom is 0.239 e. The molecule has 2 rings (SSSR count). The number of anilines is 1. The first-order valence-electron chi connectivity index (χ1n) is 7.20. The van der Waals surface area contributed by atoms with E-state index in [9.17, 15) is 13.2 Å². The lowest BCUT2D eigenvalue weighted by atomic mass is 10.1. The van der Waals surface area contributed by atoms with Gasteiger partial charge in [0, 0.05) is 19.9 Å². The highest BCUT2D eigenvalue weighted by Crippen LogP contribution is 2.15. The van der Waals surface area contributed by atoms with Gasteiger partial charge in [0.25, 0.3) is 0 Å². The summed E-state index contributed by atoms with van der Waals surface area (Å²) in [6, 6.07) is 0. The van der Waals surface area contributed by atoms with Crippen molar-refractivity contribution in [3.8, 4) is 0 Å². The highest BCUT2D eigenvalue weighted by atomic mass is 32.2. The molecular weight excluding hydrogens is 308 g/mol. The first-order valence-corrected chi connectivity index (χ1v) is 9.04. The number of hydrogen-bond acceptors (Lipinski definition) is 5. The molecule has 0 aliphatic carbocycles. The summed E-state index contributed by atoms with van der Waals surface area (Å²) in [6.45, 7) is 1.21. The number of carbonyl (C=O) groups is 1. The molecule has 8 nitrogen and oxygen atoms in total. The highest BCUT2D eigenvalue weighted by molar-refractivity contribution is 7.88. The van der Waals surface area contributed by atoms with Crippen LogP contribution in [-0.2, 0) is 26.1 Å². The van der Waals surface area contributed by atoms with E-state index >= 15 is 0 Å². The number of hydrogen-bond donors (Lipinski definition) is 1. The van der Waals surface area contributed by atoms with Crippen molar-refractivity contribution >= 4 is 21.6 Å². The van der Waals surface area contributed by atoms with E-state index in [1.165, 1.54) is 7.05 Å². The minimum absolute atomic E-state index is 0.161. The molecule has 1 saturated heterocycles. The molecule has 1 aliphatic heterocycles. The Bertz CT molecular complexity index is 607. The van der Waals surface area contributed by atoms with Crippen LogP contribution in [0, 0.1) is 0 Å². The molecule has 9 heteroatoms. The van der Waals surface area contributed by atoms with Gasteiger partial charge in [0.05, 0.1) is 37.3 Å². The van der Waals surface area contributed by atoms with Crippen molar-refractivity contribution in [2.75, 3.05) is 31.8 Å². The van der Waals surface area contributed by atoms with Crippen LogP contribution in [0.3, 0.4) is 0 Å². The van der Waals surface area contributed by atoms with Crippen LogP contribution >= 0.6 is 0 Å². The largest absolute Gasteiger partial charge is 0.376 e. The van der Waals surface area contributed by atoms with Gasteiger partial charge in [-0.25, -0.2) is 8.42 Å². The minimum Gasteiger partial charge on any atom is -0.376 e. The number of rotatable bonds is 6. The van der Waals surface area contributed by atoms with Crippen LogP contribution in [0.2, 0.25) is 0 Å². The summed E-state index contributed by atoms with van der Waals surface area (Å²) in [5.41, 5.74) is 0.544. The number of likely N-dealkylation sites (N-methyl/N-ethyl adjacent to an activating group) is 1. The molecule has 124 valence electrons. The molecule has 1 fully saturated rings. The predicted octanol–water partition coefficient (Wildman–Crippen LogP) is 0.282. The van der Waals surface area contributed by atoms with E-state index in [1.807, 2.05) is 0 Å². The Morgan fingerprint density at radius 1 is 1.55 bits per heavy atom. The summed E-state index contributed by atoms with van der Waals surface area (Å²) < 4.78 is 30.9.